The molecule has 2 aromatic heterocycles. The smallest absolute Gasteiger partial charge is 0.224 e. The van der Waals surface area contributed by atoms with Crippen LogP contribution in [-0.2, 0) is 7.05 Å². The van der Waals surface area contributed by atoms with E-state index >= 15 is 0 Å². The van der Waals surface area contributed by atoms with E-state index in [1.165, 1.54) is 11.5 Å². The quantitative estimate of drug-likeness (QED) is 0.867. The molecule has 0 radical (unpaired) electrons. The van der Waals surface area contributed by atoms with Crippen LogP contribution in [0.2, 0.25) is 0 Å². The van der Waals surface area contributed by atoms with Crippen molar-refractivity contribution >= 4 is 34.7 Å². The maximum absolute atomic E-state index is 5.80. The molecule has 0 aromatic carbocycles. The number of thioether (sulfide) groups is 1. The summed E-state index contributed by atoms with van der Waals surface area (Å²) < 4.78 is 1.94. The number of nitrogens with zero attached hydrogens (tertiary/aromatic N) is 4. The van der Waals surface area contributed by atoms with Crippen molar-refractivity contribution in [2.24, 2.45) is 7.05 Å². The van der Waals surface area contributed by atoms with Crippen LogP contribution in [0.5, 0.6) is 0 Å². The number of nitrogen functional groups attached to an aromatic ring is 1. The number of aryl methyl sites for hydroxylation is 2. The SMILES string of the molecule is Cc1nc2c(NC3CCSCC3)nc(N)nc2n1C. The molecule has 19 heavy (non-hydrogen) atoms. The van der Waals surface area contributed by atoms with E-state index in [9.17, 15) is 0 Å². The second-order valence-electron chi connectivity index (χ2n) is 4.85. The van der Waals surface area contributed by atoms with Crippen LogP contribution in [0.25, 0.3) is 11.2 Å². The van der Waals surface area contributed by atoms with E-state index in [1.54, 1.807) is 0 Å². The van der Waals surface area contributed by atoms with Gasteiger partial charge in [0.15, 0.2) is 17.0 Å². The number of hydrogen-bond donors (Lipinski definition) is 2. The summed E-state index contributed by atoms with van der Waals surface area (Å²) in [4.78, 5) is 13.1. The van der Waals surface area contributed by atoms with Crippen LogP contribution >= 0.6 is 11.8 Å². The number of imidazole rings is 1. The molecule has 0 spiro atoms. The van der Waals surface area contributed by atoms with Gasteiger partial charge in [-0.3, -0.25) is 0 Å². The average molecular weight is 278 g/mol. The van der Waals surface area contributed by atoms with Gasteiger partial charge >= 0.3 is 0 Å². The molecule has 102 valence electrons. The zero-order chi connectivity index (χ0) is 13.4. The zero-order valence-corrected chi connectivity index (χ0v) is 12.0. The van der Waals surface area contributed by atoms with Gasteiger partial charge in [0.2, 0.25) is 5.95 Å². The van der Waals surface area contributed by atoms with Crippen LogP contribution in [0.15, 0.2) is 0 Å². The Kier molecular flexibility index (Phi) is 3.22. The minimum atomic E-state index is 0.295. The van der Waals surface area contributed by atoms with E-state index in [4.69, 9.17) is 5.73 Å². The summed E-state index contributed by atoms with van der Waals surface area (Å²) >= 11 is 2.01. The van der Waals surface area contributed by atoms with Crippen molar-refractivity contribution in [3.05, 3.63) is 5.82 Å². The van der Waals surface area contributed by atoms with E-state index < -0.39 is 0 Å². The van der Waals surface area contributed by atoms with Crippen molar-refractivity contribution in [3.63, 3.8) is 0 Å². The lowest BCUT2D eigenvalue weighted by Crippen LogP contribution is -2.25. The summed E-state index contributed by atoms with van der Waals surface area (Å²) in [5.74, 6) is 4.37. The number of hydrogen-bond acceptors (Lipinski definition) is 6. The average Bonchev–Trinajstić information content (AvgIpc) is 2.68. The number of aromatic nitrogens is 4. The van der Waals surface area contributed by atoms with Gasteiger partial charge in [-0.05, 0) is 31.3 Å². The van der Waals surface area contributed by atoms with E-state index in [2.05, 4.69) is 20.3 Å². The van der Waals surface area contributed by atoms with Gasteiger partial charge in [0.05, 0.1) is 0 Å². The maximum Gasteiger partial charge on any atom is 0.224 e. The number of nitrogens with two attached hydrogens (primary N) is 1. The number of rotatable bonds is 2. The summed E-state index contributed by atoms with van der Waals surface area (Å²) in [5.41, 5.74) is 7.40. The van der Waals surface area contributed by atoms with Crippen LogP contribution < -0.4 is 11.1 Å². The van der Waals surface area contributed by atoms with Crippen molar-refractivity contribution < 1.29 is 0 Å². The van der Waals surface area contributed by atoms with Crippen molar-refractivity contribution in [2.45, 2.75) is 25.8 Å². The van der Waals surface area contributed by atoms with Gasteiger partial charge in [-0.25, -0.2) is 4.98 Å². The van der Waals surface area contributed by atoms with Crippen LogP contribution in [0.3, 0.4) is 0 Å². The van der Waals surface area contributed by atoms with E-state index in [1.807, 2.05) is 30.3 Å². The van der Waals surface area contributed by atoms with Crippen LogP contribution in [0, 0.1) is 6.92 Å². The first-order valence-corrected chi connectivity index (χ1v) is 7.61. The Morgan fingerprint density at radius 2 is 2.00 bits per heavy atom. The topological polar surface area (TPSA) is 81.7 Å². The Labute approximate surface area is 116 Å². The molecular formula is C12H18N6S. The van der Waals surface area contributed by atoms with Crippen molar-refractivity contribution in [3.8, 4) is 0 Å². The summed E-state index contributed by atoms with van der Waals surface area (Å²) in [6, 6.07) is 0.459. The third-order valence-electron chi connectivity index (χ3n) is 3.52. The van der Waals surface area contributed by atoms with Crippen LogP contribution in [0.4, 0.5) is 11.8 Å². The molecule has 1 fully saturated rings. The number of nitrogens with one attached hydrogen (secondary N) is 1. The Morgan fingerprint density at radius 3 is 2.74 bits per heavy atom. The zero-order valence-electron chi connectivity index (χ0n) is 11.2. The predicted molar refractivity (Wildman–Crippen MR) is 79.4 cm³/mol. The molecule has 1 saturated heterocycles. The molecule has 0 saturated carbocycles. The second kappa shape index (κ2) is 4.88. The summed E-state index contributed by atoms with van der Waals surface area (Å²) in [7, 11) is 1.94. The summed E-state index contributed by atoms with van der Waals surface area (Å²) in [6.07, 6.45) is 2.31. The molecule has 6 nitrogen and oxygen atoms in total. The lowest BCUT2D eigenvalue weighted by Gasteiger charge is -2.23. The monoisotopic (exact) mass is 278 g/mol. The first kappa shape index (κ1) is 12.5. The molecular weight excluding hydrogens is 260 g/mol. The fourth-order valence-electron chi connectivity index (χ4n) is 2.32. The second-order valence-corrected chi connectivity index (χ2v) is 6.08. The fraction of sp³-hybridized carbons (Fsp3) is 0.583. The molecule has 3 N–H and O–H groups in total. The lowest BCUT2D eigenvalue weighted by atomic mass is 10.1. The molecule has 2 aromatic rings. The van der Waals surface area contributed by atoms with Crippen LogP contribution in [0.1, 0.15) is 18.7 Å². The molecule has 0 unspecified atom stereocenters. The standard InChI is InChI=1S/C12H18N6S/c1-7-14-9-10(15-8-3-5-19-6-4-8)16-12(13)17-11(9)18(7)2/h8H,3-6H2,1-2H3,(H3,13,15,16,17). The first-order valence-electron chi connectivity index (χ1n) is 6.46. The highest BCUT2D eigenvalue weighted by atomic mass is 32.2. The molecule has 0 aliphatic carbocycles. The summed E-state index contributed by atoms with van der Waals surface area (Å²) in [5, 5.41) is 3.48. The maximum atomic E-state index is 5.80. The first-order chi connectivity index (χ1) is 9.15. The van der Waals surface area contributed by atoms with Gasteiger partial charge in [-0.15, -0.1) is 0 Å². The highest BCUT2D eigenvalue weighted by Gasteiger charge is 2.18. The highest BCUT2D eigenvalue weighted by Crippen LogP contribution is 2.25. The molecule has 3 rings (SSSR count). The van der Waals surface area contributed by atoms with Crippen LogP contribution in [-0.4, -0.2) is 37.1 Å². The van der Waals surface area contributed by atoms with Gasteiger partial charge in [0.25, 0.3) is 0 Å². The van der Waals surface area contributed by atoms with E-state index in [0.29, 0.717) is 12.0 Å². The molecule has 0 bridgehead atoms. The lowest BCUT2D eigenvalue weighted by molar-refractivity contribution is 0.664. The van der Waals surface area contributed by atoms with Gasteiger partial charge in [0.1, 0.15) is 5.82 Å². The third kappa shape index (κ3) is 2.34. The number of fused-ring (bicyclic) bond motifs is 1. The Balaban J connectivity index is 1.99. The molecule has 7 heteroatoms. The third-order valence-corrected chi connectivity index (χ3v) is 4.57. The van der Waals surface area contributed by atoms with E-state index in [-0.39, 0.29) is 0 Å². The Morgan fingerprint density at radius 1 is 1.26 bits per heavy atom. The van der Waals surface area contributed by atoms with Gasteiger partial charge in [-0.2, -0.15) is 21.7 Å². The number of anilines is 2. The Bertz CT molecular complexity index is 602. The molecule has 3 heterocycles. The molecule has 0 amide bonds. The fourth-order valence-corrected chi connectivity index (χ4v) is 3.43. The summed E-state index contributed by atoms with van der Waals surface area (Å²) in [6.45, 7) is 1.96. The normalized spacial score (nSPS) is 16.9. The van der Waals surface area contributed by atoms with E-state index in [0.717, 1.165) is 35.6 Å². The molecule has 1 aliphatic heterocycles. The van der Waals surface area contributed by atoms with Crippen molar-refractivity contribution in [2.75, 3.05) is 22.6 Å². The van der Waals surface area contributed by atoms with Crippen molar-refractivity contribution in [1.82, 2.24) is 19.5 Å². The predicted octanol–water partition coefficient (Wildman–Crippen LogP) is 1.56. The van der Waals surface area contributed by atoms with Gasteiger partial charge in [-0.1, -0.05) is 0 Å². The van der Waals surface area contributed by atoms with Gasteiger partial charge < -0.3 is 15.6 Å². The highest BCUT2D eigenvalue weighted by molar-refractivity contribution is 7.99. The molecule has 0 atom stereocenters. The largest absolute Gasteiger partial charge is 0.368 e. The minimum Gasteiger partial charge on any atom is -0.368 e. The minimum absolute atomic E-state index is 0.295. The molecule has 1 aliphatic rings. The Hall–Kier alpha value is -1.50. The van der Waals surface area contributed by atoms with Gasteiger partial charge in [0, 0.05) is 13.1 Å². The van der Waals surface area contributed by atoms with Crippen molar-refractivity contribution in [1.29, 1.82) is 0 Å².